The molecule has 0 radical (unpaired) electrons. The topological polar surface area (TPSA) is 37.3 Å². The Kier molecular flexibility index (Phi) is 3.72. The van der Waals surface area contributed by atoms with Crippen LogP contribution in [0.1, 0.15) is 40.5 Å². The van der Waals surface area contributed by atoms with E-state index in [-0.39, 0.29) is 17.3 Å². The largest absolute Gasteiger partial charge is 0.393 e. The number of allylic oxidation sites excluding steroid dienone is 2. The smallest absolute Gasteiger partial charge is 0.152 e. The zero-order chi connectivity index (χ0) is 11.6. The lowest BCUT2D eigenvalue weighted by Crippen LogP contribution is -2.38. The van der Waals surface area contributed by atoms with Gasteiger partial charge in [-0.1, -0.05) is 26.8 Å². The van der Waals surface area contributed by atoms with Gasteiger partial charge in [0.1, 0.15) is 0 Å². The summed E-state index contributed by atoms with van der Waals surface area (Å²) in [7, 11) is 0. The van der Waals surface area contributed by atoms with Gasteiger partial charge in [-0.05, 0) is 43.1 Å². The van der Waals surface area contributed by atoms with E-state index in [0.29, 0.717) is 11.8 Å². The second kappa shape index (κ2) is 4.48. The van der Waals surface area contributed by atoms with E-state index in [1.807, 2.05) is 6.08 Å². The third-order valence-electron chi connectivity index (χ3n) is 3.46. The Morgan fingerprint density at radius 1 is 1.47 bits per heavy atom. The molecule has 0 aromatic carbocycles. The summed E-state index contributed by atoms with van der Waals surface area (Å²) in [4.78, 5) is 10.9. The normalized spacial score (nSPS) is 35.7. The molecule has 2 heteroatoms. The summed E-state index contributed by atoms with van der Waals surface area (Å²) < 4.78 is 0. The molecule has 1 saturated carbocycles. The summed E-state index contributed by atoms with van der Waals surface area (Å²) in [5.41, 5.74) is 0.0863. The number of hydrogen-bond donors (Lipinski definition) is 1. The monoisotopic (exact) mass is 210 g/mol. The maximum absolute atomic E-state index is 10.9. The van der Waals surface area contributed by atoms with E-state index < -0.39 is 0 Å². The molecule has 0 bridgehead atoms. The highest BCUT2D eigenvalue weighted by atomic mass is 16.3. The molecule has 0 aromatic rings. The highest BCUT2D eigenvalue weighted by Gasteiger charge is 2.38. The molecule has 15 heavy (non-hydrogen) atoms. The van der Waals surface area contributed by atoms with E-state index in [9.17, 15) is 9.90 Å². The first-order chi connectivity index (χ1) is 6.83. The number of ketones is 1. The van der Waals surface area contributed by atoms with Crippen molar-refractivity contribution in [3.63, 3.8) is 0 Å². The molecular formula is C13H22O2. The van der Waals surface area contributed by atoms with Crippen molar-refractivity contribution in [1.29, 1.82) is 0 Å². The van der Waals surface area contributed by atoms with Crippen molar-refractivity contribution in [2.45, 2.75) is 46.6 Å². The molecule has 0 saturated heterocycles. The van der Waals surface area contributed by atoms with Crippen molar-refractivity contribution in [2.24, 2.45) is 17.3 Å². The molecule has 0 spiro atoms. The Labute approximate surface area is 92.4 Å². The summed E-state index contributed by atoms with van der Waals surface area (Å²) in [5, 5.41) is 9.72. The van der Waals surface area contributed by atoms with E-state index in [1.54, 1.807) is 13.0 Å². The van der Waals surface area contributed by atoms with Gasteiger partial charge >= 0.3 is 0 Å². The summed E-state index contributed by atoms with van der Waals surface area (Å²) in [6.07, 6.45) is 5.18. The molecule has 1 aliphatic rings. The standard InChI is InChI=1S/C13H22O2/c1-9-7-11(15)8-13(3,4)12(9)6-5-10(2)14/h5-6,9,11-12,15H,7-8H2,1-4H3/b6-5+/t9-,11+,12+/m1/s1. The Hall–Kier alpha value is -0.630. The van der Waals surface area contributed by atoms with E-state index in [4.69, 9.17) is 0 Å². The first-order valence-corrected chi connectivity index (χ1v) is 5.70. The van der Waals surface area contributed by atoms with Crippen molar-refractivity contribution in [3.8, 4) is 0 Å². The van der Waals surface area contributed by atoms with Crippen molar-refractivity contribution < 1.29 is 9.90 Å². The van der Waals surface area contributed by atoms with Gasteiger partial charge in [-0.15, -0.1) is 0 Å². The van der Waals surface area contributed by atoms with Crippen LogP contribution in [0.4, 0.5) is 0 Å². The number of aliphatic hydroxyl groups is 1. The fourth-order valence-corrected chi connectivity index (χ4v) is 2.86. The lowest BCUT2D eigenvalue weighted by Gasteiger charge is -2.43. The average Bonchev–Trinajstić information content (AvgIpc) is 1.98. The predicted molar refractivity (Wildman–Crippen MR) is 61.5 cm³/mol. The van der Waals surface area contributed by atoms with E-state index in [2.05, 4.69) is 20.8 Å². The quantitative estimate of drug-likeness (QED) is 0.711. The van der Waals surface area contributed by atoms with Gasteiger partial charge in [0, 0.05) is 0 Å². The van der Waals surface area contributed by atoms with Crippen LogP contribution in [0.3, 0.4) is 0 Å². The predicted octanol–water partition coefficient (Wildman–Crippen LogP) is 2.56. The highest BCUT2D eigenvalue weighted by molar-refractivity contribution is 5.87. The highest BCUT2D eigenvalue weighted by Crippen LogP contribution is 2.44. The lowest BCUT2D eigenvalue weighted by molar-refractivity contribution is -0.112. The molecule has 1 rings (SSSR count). The molecule has 0 unspecified atom stereocenters. The molecular weight excluding hydrogens is 188 g/mol. The third kappa shape index (κ3) is 3.16. The minimum absolute atomic E-state index is 0.0863. The minimum atomic E-state index is -0.183. The number of aliphatic hydroxyl groups excluding tert-OH is 1. The summed E-state index contributed by atoms with van der Waals surface area (Å²) in [6.45, 7) is 8.06. The second-order valence-electron chi connectivity index (χ2n) is 5.56. The van der Waals surface area contributed by atoms with Crippen LogP contribution in [0.25, 0.3) is 0 Å². The fourth-order valence-electron chi connectivity index (χ4n) is 2.86. The Morgan fingerprint density at radius 3 is 2.53 bits per heavy atom. The minimum Gasteiger partial charge on any atom is -0.393 e. The Bertz CT molecular complexity index is 266. The first-order valence-electron chi connectivity index (χ1n) is 5.70. The SMILES string of the molecule is CC(=O)/C=C/[C@H]1[C@H](C)C[C@H](O)CC1(C)C. The zero-order valence-corrected chi connectivity index (χ0v) is 10.2. The van der Waals surface area contributed by atoms with Crippen LogP contribution in [-0.2, 0) is 4.79 Å². The van der Waals surface area contributed by atoms with Gasteiger partial charge in [0.05, 0.1) is 6.10 Å². The molecule has 1 N–H and O–H groups in total. The van der Waals surface area contributed by atoms with E-state index in [0.717, 1.165) is 12.8 Å². The zero-order valence-electron chi connectivity index (χ0n) is 10.2. The summed E-state index contributed by atoms with van der Waals surface area (Å²) in [6, 6.07) is 0. The van der Waals surface area contributed by atoms with Crippen LogP contribution in [0, 0.1) is 17.3 Å². The maximum atomic E-state index is 10.9. The third-order valence-corrected chi connectivity index (χ3v) is 3.46. The number of rotatable bonds is 2. The fraction of sp³-hybridized carbons (Fsp3) is 0.769. The van der Waals surface area contributed by atoms with Gasteiger partial charge in [0.2, 0.25) is 0 Å². The Morgan fingerprint density at radius 2 is 2.07 bits per heavy atom. The molecule has 0 heterocycles. The molecule has 86 valence electrons. The van der Waals surface area contributed by atoms with Gasteiger partial charge < -0.3 is 5.11 Å². The van der Waals surface area contributed by atoms with Gasteiger partial charge in [0.15, 0.2) is 5.78 Å². The number of carbonyl (C=O) groups is 1. The maximum Gasteiger partial charge on any atom is 0.152 e. The van der Waals surface area contributed by atoms with Gasteiger partial charge in [-0.3, -0.25) is 4.79 Å². The Balaban J connectivity index is 2.80. The van der Waals surface area contributed by atoms with Crippen LogP contribution in [-0.4, -0.2) is 17.0 Å². The van der Waals surface area contributed by atoms with Gasteiger partial charge in [-0.2, -0.15) is 0 Å². The van der Waals surface area contributed by atoms with Crippen molar-refractivity contribution in [1.82, 2.24) is 0 Å². The summed E-state index contributed by atoms with van der Waals surface area (Å²) >= 11 is 0. The lowest BCUT2D eigenvalue weighted by atomic mass is 9.63. The molecule has 1 fully saturated rings. The van der Waals surface area contributed by atoms with Crippen LogP contribution < -0.4 is 0 Å². The van der Waals surface area contributed by atoms with Crippen molar-refractivity contribution in [2.75, 3.05) is 0 Å². The average molecular weight is 210 g/mol. The van der Waals surface area contributed by atoms with E-state index in [1.165, 1.54) is 0 Å². The number of hydrogen-bond acceptors (Lipinski definition) is 2. The number of carbonyl (C=O) groups excluding carboxylic acids is 1. The molecule has 0 aliphatic heterocycles. The van der Waals surface area contributed by atoms with Gasteiger partial charge in [-0.25, -0.2) is 0 Å². The second-order valence-corrected chi connectivity index (χ2v) is 5.56. The molecule has 1 aliphatic carbocycles. The van der Waals surface area contributed by atoms with Gasteiger partial charge in [0.25, 0.3) is 0 Å². The molecule has 3 atom stereocenters. The van der Waals surface area contributed by atoms with Crippen LogP contribution in [0.2, 0.25) is 0 Å². The molecule has 0 amide bonds. The van der Waals surface area contributed by atoms with Crippen molar-refractivity contribution >= 4 is 5.78 Å². The van der Waals surface area contributed by atoms with E-state index >= 15 is 0 Å². The molecule has 0 aromatic heterocycles. The van der Waals surface area contributed by atoms with Crippen LogP contribution in [0.5, 0.6) is 0 Å². The van der Waals surface area contributed by atoms with Crippen LogP contribution >= 0.6 is 0 Å². The van der Waals surface area contributed by atoms with Crippen molar-refractivity contribution in [3.05, 3.63) is 12.2 Å². The summed E-state index contributed by atoms with van der Waals surface area (Å²) in [5.74, 6) is 0.938. The van der Waals surface area contributed by atoms with Crippen LogP contribution in [0.15, 0.2) is 12.2 Å². The molecule has 2 nitrogen and oxygen atoms in total. The first kappa shape index (κ1) is 12.4.